The van der Waals surface area contributed by atoms with Crippen LogP contribution in [-0.4, -0.2) is 113 Å². The third-order valence-electron chi connectivity index (χ3n) is 16.0. The van der Waals surface area contributed by atoms with E-state index in [4.69, 9.17) is 48.9 Å². The van der Waals surface area contributed by atoms with Crippen LogP contribution in [0.5, 0.6) is 69.0 Å². The number of rotatable bonds is 7. The second-order valence-electron chi connectivity index (χ2n) is 22.5. The third kappa shape index (κ3) is 13.2. The number of aliphatic hydroxyl groups is 1. The Morgan fingerprint density at radius 1 is 0.553 bits per heavy atom. The number of nitrogens with one attached hydrogen (secondary N) is 7. The molecule has 6 aliphatic heterocycles. The van der Waals surface area contributed by atoms with Gasteiger partial charge in [-0.15, -0.1) is 0 Å². The van der Waals surface area contributed by atoms with Gasteiger partial charge >= 0.3 is 5.97 Å². The number of carboxylic acid groups (broad SMARTS) is 1. The van der Waals surface area contributed by atoms with E-state index in [1.165, 1.54) is 48.5 Å². The second kappa shape index (κ2) is 26.3. The number of hydrogen-bond donors (Lipinski definition) is 17. The number of fused-ring (bicyclic) bond motifs is 14. The average molecular weight is 1330 g/mol. The number of unbranched alkanes of at least 4 members (excludes halogenated alkanes) is 1. The van der Waals surface area contributed by atoms with E-state index >= 15 is 19.2 Å². The predicted octanol–water partition coefficient (Wildman–Crippen LogP) is 4.60. The van der Waals surface area contributed by atoms with Crippen LogP contribution in [0.15, 0.2) is 115 Å². The number of ether oxygens (including phenoxy) is 3. The number of aromatic hydroxyl groups is 6. The summed E-state index contributed by atoms with van der Waals surface area (Å²) in [6.07, 6.45) is -1.44. The van der Waals surface area contributed by atoms with E-state index in [2.05, 4.69) is 37.2 Å². The molecule has 28 nitrogen and oxygen atoms in total. The lowest BCUT2D eigenvalue weighted by Crippen LogP contribution is -2.55. The van der Waals surface area contributed by atoms with Crippen molar-refractivity contribution in [3.8, 4) is 80.1 Å². The molecule has 17 bridgehead atoms. The van der Waals surface area contributed by atoms with Gasteiger partial charge in [0.25, 0.3) is 0 Å². The van der Waals surface area contributed by atoms with Crippen LogP contribution in [0.3, 0.4) is 0 Å². The van der Waals surface area contributed by atoms with Crippen molar-refractivity contribution in [1.29, 1.82) is 0 Å². The Balaban J connectivity index is 1.11. The zero-order valence-corrected chi connectivity index (χ0v) is 50.2. The highest BCUT2D eigenvalue weighted by Crippen LogP contribution is 2.48. The largest absolute Gasteiger partial charge is 0.508 e. The minimum Gasteiger partial charge on any atom is -0.508 e. The van der Waals surface area contributed by atoms with Gasteiger partial charge in [0.15, 0.2) is 29.0 Å². The summed E-state index contributed by atoms with van der Waals surface area (Å²) in [5, 5.41) is 108. The van der Waals surface area contributed by atoms with Crippen LogP contribution in [-0.2, 0) is 44.8 Å². The van der Waals surface area contributed by atoms with Gasteiger partial charge in [-0.25, -0.2) is 4.79 Å². The van der Waals surface area contributed by atoms with Crippen LogP contribution < -0.4 is 62.9 Å². The van der Waals surface area contributed by atoms with E-state index < -0.39 is 171 Å². The molecule has 0 saturated heterocycles. The highest BCUT2D eigenvalue weighted by Gasteiger charge is 2.42. The van der Waals surface area contributed by atoms with Gasteiger partial charge in [0, 0.05) is 35.2 Å². The number of amides is 7. The van der Waals surface area contributed by atoms with Crippen molar-refractivity contribution in [2.24, 2.45) is 11.5 Å². The molecule has 0 saturated carbocycles. The predicted molar refractivity (Wildman–Crippen MR) is 330 cm³/mol. The SMILES string of the molecule is NCCCC[C@@H](N)C(=O)N[C@H]1C(=O)N[C@@H]2Cc3ccc(c(Cl)c3)Oc3cc4cc(c3O)Oc3ccc(cc3Cl)[C@@H](O)[C@@H]3NC(=O)[C@H](NC(=O)[C@@H]4NC(=O)[C@@H](NC2=O)c2cc(O)cc(c2)Oc2cc1ccc2O)c1ccc(O)c(c1)-c1c(O)cc(O)cc1[C@@H](C(=O)O)NC3=O. The number of carbonyl (C=O) groups is 8. The molecule has 0 aromatic heterocycles. The molecular formula is C64H57Cl2N9O19. The Morgan fingerprint density at radius 3 is 1.82 bits per heavy atom. The lowest BCUT2D eigenvalue weighted by Gasteiger charge is -2.31. The molecule has 486 valence electrons. The normalized spacial score (nSPS) is 21.3. The number of phenols is 6. The molecule has 7 aromatic carbocycles. The molecule has 0 spiro atoms. The fourth-order valence-corrected chi connectivity index (χ4v) is 11.7. The Morgan fingerprint density at radius 2 is 1.15 bits per heavy atom. The summed E-state index contributed by atoms with van der Waals surface area (Å²) in [6.45, 7) is 0.318. The molecule has 9 atom stereocenters. The molecule has 7 aromatic rings. The average Bonchev–Trinajstić information content (AvgIpc) is 0.780. The Bertz CT molecular complexity index is 4310. The molecule has 13 rings (SSSR count). The molecule has 6 aliphatic rings. The molecule has 0 aliphatic carbocycles. The fourth-order valence-electron chi connectivity index (χ4n) is 11.2. The number of aliphatic hydroxyl groups excluding tert-OH is 1. The highest BCUT2D eigenvalue weighted by molar-refractivity contribution is 6.32. The van der Waals surface area contributed by atoms with E-state index in [0.29, 0.717) is 19.4 Å². The van der Waals surface area contributed by atoms with Gasteiger partial charge in [-0.1, -0.05) is 53.9 Å². The van der Waals surface area contributed by atoms with E-state index in [9.17, 15) is 60.0 Å². The first kappa shape index (κ1) is 64.5. The molecule has 6 heterocycles. The van der Waals surface area contributed by atoms with Crippen molar-refractivity contribution < 1.29 is 93.4 Å². The van der Waals surface area contributed by atoms with E-state index in [1.807, 2.05) is 0 Å². The van der Waals surface area contributed by atoms with Crippen LogP contribution in [0.4, 0.5) is 0 Å². The number of nitrogens with two attached hydrogens (primary N) is 2. The van der Waals surface area contributed by atoms with Gasteiger partial charge < -0.3 is 104 Å². The molecule has 0 radical (unpaired) electrons. The fraction of sp³-hybridized carbons (Fsp3) is 0.219. The minimum absolute atomic E-state index is 0.0107. The van der Waals surface area contributed by atoms with Gasteiger partial charge in [-0.2, -0.15) is 0 Å². The van der Waals surface area contributed by atoms with Crippen molar-refractivity contribution in [2.45, 2.75) is 80.1 Å². The van der Waals surface area contributed by atoms with Crippen molar-refractivity contribution in [3.63, 3.8) is 0 Å². The molecule has 7 amide bonds. The van der Waals surface area contributed by atoms with Crippen LogP contribution in [0.25, 0.3) is 11.1 Å². The topological polar surface area (TPSA) is 462 Å². The number of benzene rings is 7. The summed E-state index contributed by atoms with van der Waals surface area (Å²) in [4.78, 5) is 119. The van der Waals surface area contributed by atoms with Crippen LogP contribution in [0.1, 0.15) is 94.5 Å². The molecule has 30 heteroatoms. The monoisotopic (exact) mass is 1330 g/mol. The minimum atomic E-state index is -2.22. The molecule has 0 fully saturated rings. The Hall–Kier alpha value is -11.0. The summed E-state index contributed by atoms with van der Waals surface area (Å²) in [5.74, 6) is -16.5. The van der Waals surface area contributed by atoms with Crippen LogP contribution in [0.2, 0.25) is 10.0 Å². The molecule has 94 heavy (non-hydrogen) atoms. The highest BCUT2D eigenvalue weighted by atomic mass is 35.5. The van der Waals surface area contributed by atoms with Gasteiger partial charge in [-0.3, -0.25) is 33.6 Å². The quantitative estimate of drug-likeness (QED) is 0.0970. The van der Waals surface area contributed by atoms with Crippen LogP contribution >= 0.6 is 23.2 Å². The van der Waals surface area contributed by atoms with Crippen molar-refractivity contribution in [3.05, 3.63) is 164 Å². The summed E-state index contributed by atoms with van der Waals surface area (Å²) < 4.78 is 18.6. The Kier molecular flexibility index (Phi) is 18.0. The standard InChI is InChI=1S/C64H57Cl2N9O19/c65-36-13-25-4-10-43(36)93-46-20-30-21-47(56(46)82)94-44-11-7-28(18-37(44)66)55(81)54-63(89)74-53(64(90)91)35-23-32(77)24-42(80)48(35)34-17-26(5-8-40(34)78)49(60(86)75-54)72-62(88)52(30)73-61(87)51-29-15-31(76)22-33(16-29)92-45-19-27(6-9-41(45)79)50(59(85)69-39(14-25)58(84)71-51)70-57(83)38(68)3-1-2-12-67/h4-11,13,15-24,38-39,49-55,76-82H,1-3,12,14,67-68H2,(H,69,85)(H,70,83)(H,71,84)(H,72,88)(H,73,87)(H,74,89)(H,75,86)(H,90,91)/t38-,39-,49-,50-,51+,52-,53+,54+,55-/m1/s1. The van der Waals surface area contributed by atoms with Crippen molar-refractivity contribution in [2.75, 3.05) is 6.54 Å². The zero-order chi connectivity index (χ0) is 67.1. The smallest absolute Gasteiger partial charge is 0.330 e. The van der Waals surface area contributed by atoms with E-state index in [1.54, 1.807) is 0 Å². The van der Waals surface area contributed by atoms with E-state index in [-0.39, 0.29) is 72.8 Å². The maximum atomic E-state index is 15.8. The summed E-state index contributed by atoms with van der Waals surface area (Å²) in [5.41, 5.74) is 9.61. The number of carbonyl (C=O) groups excluding carboxylic acids is 7. The molecular weight excluding hydrogens is 1270 g/mol. The third-order valence-corrected chi connectivity index (χ3v) is 16.6. The van der Waals surface area contributed by atoms with Crippen molar-refractivity contribution >= 4 is 70.5 Å². The van der Waals surface area contributed by atoms with E-state index in [0.717, 1.165) is 66.7 Å². The summed E-state index contributed by atoms with van der Waals surface area (Å²) >= 11 is 13.8. The van der Waals surface area contributed by atoms with Crippen molar-refractivity contribution in [1.82, 2.24) is 37.2 Å². The summed E-state index contributed by atoms with van der Waals surface area (Å²) in [6, 6.07) is 6.10. The zero-order valence-electron chi connectivity index (χ0n) is 48.7. The number of aliphatic carboxylic acids is 1. The molecule has 0 unspecified atom stereocenters. The van der Waals surface area contributed by atoms with Gasteiger partial charge in [0.2, 0.25) is 47.1 Å². The summed E-state index contributed by atoms with van der Waals surface area (Å²) in [7, 11) is 0. The maximum Gasteiger partial charge on any atom is 0.330 e. The van der Waals surface area contributed by atoms with Gasteiger partial charge in [-0.05, 0) is 132 Å². The van der Waals surface area contributed by atoms with Crippen LogP contribution in [0, 0.1) is 0 Å². The first-order valence-corrected chi connectivity index (χ1v) is 29.6. The second-order valence-corrected chi connectivity index (χ2v) is 23.3. The van der Waals surface area contributed by atoms with Gasteiger partial charge in [0.05, 0.1) is 16.1 Å². The lowest BCUT2D eigenvalue weighted by molar-refractivity contribution is -0.143. The first-order valence-electron chi connectivity index (χ1n) is 28.9. The number of phenolic OH excluding ortho intramolecular Hbond substituents is 6. The number of hydrogen-bond acceptors (Lipinski definition) is 20. The van der Waals surface area contributed by atoms with Gasteiger partial charge in [0.1, 0.15) is 82.6 Å². The number of carboxylic acids is 1. The lowest BCUT2D eigenvalue weighted by atomic mass is 9.89. The Labute approximate surface area is 541 Å². The molecule has 19 N–H and O–H groups in total. The number of halogens is 2. The maximum absolute atomic E-state index is 15.8. The first-order chi connectivity index (χ1) is 44.8.